The highest BCUT2D eigenvalue weighted by atomic mass is 35.5. The Balaban J connectivity index is 1.36. The smallest absolute Gasteiger partial charge is 0.354 e. The lowest BCUT2D eigenvalue weighted by Crippen LogP contribution is -2.11. The van der Waals surface area contributed by atoms with Gasteiger partial charge in [-0.2, -0.15) is 10.2 Å². The Morgan fingerprint density at radius 3 is 2.76 bits per heavy atom. The molecule has 11 heteroatoms. The number of aryl methyl sites for hydroxylation is 3. The van der Waals surface area contributed by atoms with E-state index in [1.165, 1.54) is 7.11 Å². The van der Waals surface area contributed by atoms with Gasteiger partial charge < -0.3 is 18.8 Å². The number of aromatic amines is 1. The summed E-state index contributed by atoms with van der Waals surface area (Å²) >= 11 is 8.71. The number of rotatable bonds is 1. The van der Waals surface area contributed by atoms with Crippen LogP contribution >= 0.6 is 23.4 Å². The second-order valence-corrected chi connectivity index (χ2v) is 12.9. The Kier molecular flexibility index (Phi) is 8.27. The summed E-state index contributed by atoms with van der Waals surface area (Å²) in [4.78, 5) is 14.4. The van der Waals surface area contributed by atoms with Gasteiger partial charge in [-0.05, 0) is 55.0 Å². The molecule has 0 aliphatic carbocycles. The van der Waals surface area contributed by atoms with E-state index >= 15 is 0 Å². The number of fused-ring (bicyclic) bond motifs is 8. The molecule has 0 spiro atoms. The summed E-state index contributed by atoms with van der Waals surface area (Å²) in [5.41, 5.74) is 7.48. The predicted octanol–water partition coefficient (Wildman–Crippen LogP) is 7.54. The van der Waals surface area contributed by atoms with Gasteiger partial charge in [-0.3, -0.25) is 9.78 Å². The van der Waals surface area contributed by atoms with E-state index in [4.69, 9.17) is 30.9 Å². The number of benzene rings is 3. The van der Waals surface area contributed by atoms with Gasteiger partial charge in [0.1, 0.15) is 11.4 Å². The molecule has 1 aliphatic heterocycles. The number of nitrogens with one attached hydrogen (secondary N) is 1. The monoisotopic (exact) mass is 655 g/mol. The van der Waals surface area contributed by atoms with Crippen LogP contribution in [0, 0.1) is 6.92 Å². The van der Waals surface area contributed by atoms with Gasteiger partial charge in [-0.15, -0.1) is 11.8 Å². The molecule has 0 radical (unpaired) electrons. The maximum atomic E-state index is 13.3. The normalized spacial score (nSPS) is 14.2. The van der Waals surface area contributed by atoms with E-state index in [-0.39, 0.29) is 6.61 Å². The van der Waals surface area contributed by atoms with Crippen LogP contribution in [0.15, 0.2) is 59.5 Å². The molecule has 236 valence electrons. The zero-order valence-corrected chi connectivity index (χ0v) is 27.7. The Labute approximate surface area is 275 Å². The van der Waals surface area contributed by atoms with Crippen LogP contribution in [0.3, 0.4) is 0 Å². The third-order valence-corrected chi connectivity index (χ3v) is 9.98. The standard InChI is InChI=1S/C35H34ClN5O4S/c1-20-31-29(39-41(20)3)18-44-17-22-15-23(38-37-22)19-46-24-14-21-8-5-6-9-25(21)30(16-24)45-13-7-10-26-27-11-12-28(36)32(31)33(27)40(2)34(26)35(42)43-4/h5-6,8-9,11-12,14-16H,7,10,13,17-19H2,1-4H3,(H,37,38). The van der Waals surface area contributed by atoms with Gasteiger partial charge >= 0.3 is 5.97 Å². The van der Waals surface area contributed by atoms with Crippen LogP contribution in [-0.2, 0) is 49.0 Å². The third-order valence-electron chi connectivity index (χ3n) is 8.64. The minimum Gasteiger partial charge on any atom is -0.493 e. The second kappa shape index (κ2) is 12.5. The molecule has 1 N–H and O–H groups in total. The van der Waals surface area contributed by atoms with Crippen molar-refractivity contribution in [3.05, 3.63) is 93.7 Å². The largest absolute Gasteiger partial charge is 0.493 e. The summed E-state index contributed by atoms with van der Waals surface area (Å²) in [6.07, 6.45) is 1.30. The second-order valence-electron chi connectivity index (χ2n) is 11.5. The Bertz CT molecular complexity index is 2110. The molecule has 0 saturated carbocycles. The predicted molar refractivity (Wildman–Crippen MR) is 181 cm³/mol. The van der Waals surface area contributed by atoms with Gasteiger partial charge in [0.05, 0.1) is 48.9 Å². The molecular weight excluding hydrogens is 622 g/mol. The fourth-order valence-electron chi connectivity index (χ4n) is 6.40. The van der Waals surface area contributed by atoms with Gasteiger partial charge in [0.2, 0.25) is 0 Å². The van der Waals surface area contributed by atoms with Crippen molar-refractivity contribution in [1.82, 2.24) is 24.5 Å². The maximum absolute atomic E-state index is 13.3. The third kappa shape index (κ3) is 5.44. The number of ether oxygens (including phenoxy) is 3. The minimum atomic E-state index is -0.397. The molecule has 46 heavy (non-hydrogen) atoms. The Morgan fingerprint density at radius 1 is 1.07 bits per heavy atom. The molecule has 3 aromatic carbocycles. The van der Waals surface area contributed by atoms with E-state index in [1.54, 1.807) is 11.8 Å². The number of hydrogen-bond donors (Lipinski definition) is 1. The van der Waals surface area contributed by atoms with Crippen LogP contribution in [0.2, 0.25) is 5.02 Å². The van der Waals surface area contributed by atoms with E-state index in [9.17, 15) is 4.79 Å². The first-order valence-electron chi connectivity index (χ1n) is 15.1. The van der Waals surface area contributed by atoms with Crippen molar-refractivity contribution in [1.29, 1.82) is 0 Å². The quantitative estimate of drug-likeness (QED) is 0.183. The molecular formula is C35H34ClN5O4S. The molecule has 0 fully saturated rings. The lowest BCUT2D eigenvalue weighted by molar-refractivity contribution is 0.0589. The van der Waals surface area contributed by atoms with Crippen LogP contribution in [0.4, 0.5) is 0 Å². The van der Waals surface area contributed by atoms with E-state index in [0.717, 1.165) is 77.5 Å². The van der Waals surface area contributed by atoms with Gasteiger partial charge in [0.15, 0.2) is 0 Å². The lowest BCUT2D eigenvalue weighted by Gasteiger charge is -2.12. The molecule has 8 bridgehead atoms. The first kappa shape index (κ1) is 30.4. The van der Waals surface area contributed by atoms with Crippen LogP contribution < -0.4 is 4.74 Å². The van der Waals surface area contributed by atoms with Crippen molar-refractivity contribution < 1.29 is 19.0 Å². The van der Waals surface area contributed by atoms with E-state index in [2.05, 4.69) is 34.5 Å². The molecule has 7 rings (SSSR count). The van der Waals surface area contributed by atoms with E-state index in [1.807, 2.05) is 60.6 Å². The molecule has 4 heterocycles. The van der Waals surface area contributed by atoms with Crippen molar-refractivity contribution in [3.63, 3.8) is 0 Å². The Morgan fingerprint density at radius 2 is 1.91 bits per heavy atom. The molecule has 0 saturated heterocycles. The number of carbonyl (C=O) groups is 1. The number of H-pyrrole nitrogens is 1. The maximum Gasteiger partial charge on any atom is 0.354 e. The molecule has 6 aromatic rings. The highest BCUT2D eigenvalue weighted by Gasteiger charge is 2.28. The summed E-state index contributed by atoms with van der Waals surface area (Å²) in [5.74, 6) is 1.17. The van der Waals surface area contributed by atoms with E-state index < -0.39 is 5.97 Å². The molecule has 9 nitrogen and oxygen atoms in total. The summed E-state index contributed by atoms with van der Waals surface area (Å²) in [6, 6.07) is 18.5. The number of methoxy groups -OCH3 is 1. The number of aromatic nitrogens is 5. The molecule has 0 amide bonds. The van der Waals surface area contributed by atoms with Gasteiger partial charge in [-0.25, -0.2) is 4.79 Å². The number of thioether (sulfide) groups is 1. The molecule has 3 aromatic heterocycles. The number of esters is 1. The number of nitrogens with zero attached hydrogens (tertiary/aromatic N) is 4. The van der Waals surface area contributed by atoms with E-state index in [0.29, 0.717) is 36.8 Å². The van der Waals surface area contributed by atoms with Crippen LogP contribution in [0.1, 0.15) is 45.2 Å². The summed E-state index contributed by atoms with van der Waals surface area (Å²) in [5, 5.41) is 16.1. The average molecular weight is 656 g/mol. The summed E-state index contributed by atoms with van der Waals surface area (Å²) < 4.78 is 21.7. The zero-order chi connectivity index (χ0) is 31.9. The van der Waals surface area contributed by atoms with Gasteiger partial charge in [0.25, 0.3) is 0 Å². The summed E-state index contributed by atoms with van der Waals surface area (Å²) in [6.45, 7) is 3.08. The number of carbonyl (C=O) groups excluding carboxylic acids is 1. The van der Waals surface area contributed by atoms with Crippen LogP contribution in [-0.4, -0.2) is 44.2 Å². The molecule has 1 aliphatic rings. The van der Waals surface area contributed by atoms with Crippen LogP contribution in [0.5, 0.6) is 5.75 Å². The van der Waals surface area contributed by atoms with Gasteiger partial charge in [-0.1, -0.05) is 41.9 Å². The van der Waals surface area contributed by atoms with Crippen molar-refractivity contribution in [2.24, 2.45) is 14.1 Å². The highest BCUT2D eigenvalue weighted by Crippen LogP contribution is 2.42. The average Bonchev–Trinajstić information content (AvgIpc) is 3.71. The van der Waals surface area contributed by atoms with Gasteiger partial charge in [0, 0.05) is 58.0 Å². The number of halogens is 1. The van der Waals surface area contributed by atoms with Crippen molar-refractivity contribution in [3.8, 4) is 16.9 Å². The lowest BCUT2D eigenvalue weighted by atomic mass is 9.98. The fourth-order valence-corrected chi connectivity index (χ4v) is 7.52. The number of hydrogen-bond acceptors (Lipinski definition) is 7. The van der Waals surface area contributed by atoms with Crippen molar-refractivity contribution >= 4 is 51.0 Å². The summed E-state index contributed by atoms with van der Waals surface area (Å²) in [7, 11) is 5.21. The highest BCUT2D eigenvalue weighted by molar-refractivity contribution is 7.98. The molecule has 0 atom stereocenters. The first-order valence-corrected chi connectivity index (χ1v) is 16.5. The van der Waals surface area contributed by atoms with Crippen molar-refractivity contribution in [2.75, 3.05) is 13.7 Å². The first-order chi connectivity index (χ1) is 22.3. The van der Waals surface area contributed by atoms with Crippen LogP contribution in [0.25, 0.3) is 32.8 Å². The Hall–Kier alpha value is -4.25. The minimum absolute atomic E-state index is 0.263. The molecule has 0 unspecified atom stereocenters. The zero-order valence-electron chi connectivity index (χ0n) is 26.1. The topological polar surface area (TPSA) is 96.2 Å². The van der Waals surface area contributed by atoms with Crippen molar-refractivity contribution in [2.45, 2.75) is 43.6 Å². The SMILES string of the molecule is COC(=O)c1c2c3ccc(Cl)c(c3n1C)-c1c(nn(C)c1C)COCc1cc([nH]n1)CSc1cc(c3ccccc3c1)OCCC2. The fraction of sp³-hybridized carbons (Fsp3) is 0.286.